The monoisotopic (exact) mass is 405 g/mol. The number of hydrogen-bond acceptors (Lipinski definition) is 1. The van der Waals surface area contributed by atoms with Crippen molar-refractivity contribution in [1.29, 1.82) is 0 Å². The van der Waals surface area contributed by atoms with Crippen LogP contribution in [0.4, 0.5) is 23.0 Å². The Balaban J connectivity index is 0.000000465. The zero-order valence-corrected chi connectivity index (χ0v) is 17.6. The topological polar surface area (TPSA) is 3.24 Å². The van der Waals surface area contributed by atoms with E-state index >= 15 is 0 Å². The molecule has 0 atom stereocenters. The number of benzene rings is 1. The molecule has 2 saturated carbocycles. The molecular formula is C20H33BF4NP. The molecule has 1 nitrogen and oxygen atoms in total. The van der Waals surface area contributed by atoms with Crippen LogP contribution < -0.4 is 10.2 Å². The fraction of sp³-hybridized carbons (Fsp3) is 0.700. The molecule has 0 aliphatic heterocycles. The molecule has 154 valence electrons. The predicted octanol–water partition coefficient (Wildman–Crippen LogP) is 6.56. The molecule has 0 radical (unpaired) electrons. The highest BCUT2D eigenvalue weighted by Crippen LogP contribution is 2.54. The van der Waals surface area contributed by atoms with E-state index in [9.17, 15) is 17.3 Å². The molecule has 1 aromatic rings. The predicted molar refractivity (Wildman–Crippen MR) is 113 cm³/mol. The van der Waals surface area contributed by atoms with E-state index < -0.39 is 7.25 Å². The van der Waals surface area contributed by atoms with Crippen LogP contribution in [0.1, 0.15) is 64.2 Å². The Bertz CT molecular complexity index is 514. The molecule has 0 spiro atoms. The maximum Gasteiger partial charge on any atom is 0.673 e. The Morgan fingerprint density at radius 3 is 1.44 bits per heavy atom. The van der Waals surface area contributed by atoms with Crippen molar-refractivity contribution in [3.05, 3.63) is 24.3 Å². The van der Waals surface area contributed by atoms with Crippen LogP contribution in [0.5, 0.6) is 0 Å². The van der Waals surface area contributed by atoms with Crippen molar-refractivity contribution in [3.8, 4) is 0 Å². The van der Waals surface area contributed by atoms with Crippen molar-refractivity contribution < 1.29 is 17.3 Å². The first-order valence-electron chi connectivity index (χ1n) is 10.3. The average Bonchev–Trinajstić information content (AvgIpc) is 2.63. The Morgan fingerprint density at radius 2 is 1.11 bits per heavy atom. The van der Waals surface area contributed by atoms with Gasteiger partial charge in [0.1, 0.15) is 0 Å². The van der Waals surface area contributed by atoms with Crippen LogP contribution in [0.25, 0.3) is 0 Å². The third kappa shape index (κ3) is 8.01. The first kappa shape index (κ1) is 22.5. The van der Waals surface area contributed by atoms with E-state index in [0.717, 1.165) is 11.3 Å². The van der Waals surface area contributed by atoms with Gasteiger partial charge in [0.2, 0.25) is 0 Å². The third-order valence-electron chi connectivity index (χ3n) is 5.81. The molecule has 27 heavy (non-hydrogen) atoms. The fourth-order valence-corrected chi connectivity index (χ4v) is 8.81. The van der Waals surface area contributed by atoms with Gasteiger partial charge in [-0.3, -0.25) is 0 Å². The van der Waals surface area contributed by atoms with Gasteiger partial charge in [-0.1, -0.05) is 12.8 Å². The molecule has 0 amide bonds. The molecule has 3 rings (SSSR count). The fourth-order valence-electron chi connectivity index (χ4n) is 4.58. The van der Waals surface area contributed by atoms with Gasteiger partial charge in [-0.05, 0) is 75.6 Å². The molecule has 2 aliphatic carbocycles. The quantitative estimate of drug-likeness (QED) is 0.312. The Morgan fingerprint density at radius 1 is 0.741 bits per heavy atom. The zero-order chi connectivity index (χ0) is 19.9. The van der Waals surface area contributed by atoms with Gasteiger partial charge in [0, 0.05) is 27.7 Å². The van der Waals surface area contributed by atoms with Crippen molar-refractivity contribution in [3.63, 3.8) is 0 Å². The largest absolute Gasteiger partial charge is 0.673 e. The van der Waals surface area contributed by atoms with Crippen molar-refractivity contribution >= 4 is 26.2 Å². The number of hydrogen-bond donors (Lipinski definition) is 0. The standard InChI is InChI=1S/C20H32NP.BF4/c1-21(2)17-13-15-20(16-14-17)22(18-9-5-3-6-10-18)19-11-7-4-8-12-19;2-1(3,4)5/h13-16,18-19H,3-12H2,1-2H3;/q;-1/p+1. The highest BCUT2D eigenvalue weighted by molar-refractivity contribution is 7.67. The second kappa shape index (κ2) is 10.7. The van der Waals surface area contributed by atoms with Gasteiger partial charge in [0.15, 0.2) is 0 Å². The minimum atomic E-state index is -6.00. The second-order valence-electron chi connectivity index (χ2n) is 8.06. The molecule has 2 fully saturated rings. The van der Waals surface area contributed by atoms with E-state index in [1.165, 1.54) is 69.9 Å². The van der Waals surface area contributed by atoms with Crippen LogP contribution in [0.15, 0.2) is 24.3 Å². The van der Waals surface area contributed by atoms with E-state index in [-0.39, 0.29) is 7.92 Å². The van der Waals surface area contributed by atoms with Crippen LogP contribution >= 0.6 is 7.92 Å². The maximum absolute atomic E-state index is 9.75. The summed E-state index contributed by atoms with van der Waals surface area (Å²) in [6.45, 7) is 0. The van der Waals surface area contributed by atoms with Gasteiger partial charge >= 0.3 is 7.25 Å². The van der Waals surface area contributed by atoms with E-state index in [1.807, 2.05) is 0 Å². The molecule has 2 aliphatic rings. The summed E-state index contributed by atoms with van der Waals surface area (Å²) in [5.41, 5.74) is 3.44. The Hall–Kier alpha value is -0.765. The van der Waals surface area contributed by atoms with E-state index in [2.05, 4.69) is 43.3 Å². The SMILES string of the molecule is CN(C)c1ccc([PH+](C2CCCCC2)C2CCCCC2)cc1.F[B-](F)(F)F. The number of halogens is 4. The van der Waals surface area contributed by atoms with Gasteiger partial charge in [-0.2, -0.15) is 0 Å². The Labute approximate surface area is 162 Å². The summed E-state index contributed by atoms with van der Waals surface area (Å²) in [6, 6.07) is 9.66. The van der Waals surface area contributed by atoms with E-state index in [4.69, 9.17) is 0 Å². The van der Waals surface area contributed by atoms with E-state index in [1.54, 1.807) is 5.30 Å². The summed E-state index contributed by atoms with van der Waals surface area (Å²) in [4.78, 5) is 2.22. The van der Waals surface area contributed by atoms with E-state index in [0.29, 0.717) is 0 Å². The molecule has 0 saturated heterocycles. The van der Waals surface area contributed by atoms with Crippen molar-refractivity contribution in [2.75, 3.05) is 19.0 Å². The van der Waals surface area contributed by atoms with Gasteiger partial charge in [-0.25, -0.2) is 0 Å². The molecule has 1 aromatic carbocycles. The van der Waals surface area contributed by atoms with Crippen LogP contribution in [-0.4, -0.2) is 32.7 Å². The lowest BCUT2D eigenvalue weighted by atomic mass is 9.99. The molecule has 0 unspecified atom stereocenters. The highest BCUT2D eigenvalue weighted by Gasteiger charge is 2.38. The summed E-state index contributed by atoms with van der Waals surface area (Å²) >= 11 is 0. The third-order valence-corrected chi connectivity index (χ3v) is 9.72. The molecule has 0 N–H and O–H groups in total. The lowest BCUT2D eigenvalue weighted by Crippen LogP contribution is -2.26. The molecular weight excluding hydrogens is 372 g/mol. The average molecular weight is 405 g/mol. The molecule has 7 heteroatoms. The lowest BCUT2D eigenvalue weighted by molar-refractivity contribution is 0.368. The highest BCUT2D eigenvalue weighted by atomic mass is 31.1. The van der Waals surface area contributed by atoms with Crippen LogP contribution in [0, 0.1) is 0 Å². The first-order valence-corrected chi connectivity index (χ1v) is 11.9. The molecule has 0 bridgehead atoms. The second-order valence-corrected chi connectivity index (χ2v) is 11.2. The summed E-state index contributed by atoms with van der Waals surface area (Å²) in [5, 5.41) is 1.73. The van der Waals surface area contributed by atoms with Gasteiger partial charge < -0.3 is 22.2 Å². The normalized spacial score (nSPS) is 19.5. The maximum atomic E-state index is 9.75. The number of nitrogens with zero attached hydrogens (tertiary/aromatic N) is 1. The van der Waals surface area contributed by atoms with Crippen molar-refractivity contribution in [2.45, 2.75) is 75.5 Å². The van der Waals surface area contributed by atoms with Crippen LogP contribution in [0.2, 0.25) is 0 Å². The summed E-state index contributed by atoms with van der Waals surface area (Å²) < 4.78 is 39.0. The minimum absolute atomic E-state index is 0.384. The smallest absolute Gasteiger partial charge is 0.418 e. The number of rotatable bonds is 4. The van der Waals surface area contributed by atoms with Gasteiger partial charge in [0.05, 0.1) is 16.6 Å². The summed E-state index contributed by atoms with van der Waals surface area (Å²) in [5.74, 6) is 0. The summed E-state index contributed by atoms with van der Waals surface area (Å²) in [7, 11) is -2.10. The number of anilines is 1. The zero-order valence-electron chi connectivity index (χ0n) is 16.6. The first-order chi connectivity index (χ1) is 12.8. The lowest BCUT2D eigenvalue weighted by Gasteiger charge is -2.32. The van der Waals surface area contributed by atoms with Crippen LogP contribution in [-0.2, 0) is 0 Å². The minimum Gasteiger partial charge on any atom is -0.418 e. The van der Waals surface area contributed by atoms with Crippen LogP contribution in [0.3, 0.4) is 0 Å². The molecule has 0 heterocycles. The van der Waals surface area contributed by atoms with Crippen molar-refractivity contribution in [2.24, 2.45) is 0 Å². The van der Waals surface area contributed by atoms with Gasteiger partial charge in [-0.15, -0.1) is 0 Å². The van der Waals surface area contributed by atoms with Gasteiger partial charge in [0.25, 0.3) is 0 Å². The van der Waals surface area contributed by atoms with Crippen molar-refractivity contribution in [1.82, 2.24) is 0 Å². The Kier molecular flexibility index (Phi) is 8.92. The summed E-state index contributed by atoms with van der Waals surface area (Å²) in [6.07, 6.45) is 15.0. The molecule has 0 aromatic heterocycles.